The lowest BCUT2D eigenvalue weighted by atomic mass is 10.0. The summed E-state index contributed by atoms with van der Waals surface area (Å²) >= 11 is 0. The molecule has 0 atom stereocenters. The average Bonchev–Trinajstić information content (AvgIpc) is 3.77. The van der Waals surface area contributed by atoms with Crippen molar-refractivity contribution in [2.45, 2.75) is 19.4 Å². The van der Waals surface area contributed by atoms with Crippen molar-refractivity contribution in [1.29, 1.82) is 0 Å². The van der Waals surface area contributed by atoms with Crippen molar-refractivity contribution in [3.05, 3.63) is 72.3 Å². The second-order valence-corrected chi connectivity index (χ2v) is 11.4. The van der Waals surface area contributed by atoms with Crippen LogP contribution in [-0.4, -0.2) is 85.2 Å². The predicted molar refractivity (Wildman–Crippen MR) is 167 cm³/mol. The minimum atomic E-state index is -0.467. The van der Waals surface area contributed by atoms with E-state index in [0.717, 1.165) is 31.7 Å². The molecule has 6 aromatic rings. The third-order valence-electron chi connectivity index (χ3n) is 7.96. The van der Waals surface area contributed by atoms with Gasteiger partial charge in [0.2, 0.25) is 0 Å². The third kappa shape index (κ3) is 5.49. The molecule has 1 aromatic carbocycles. The highest BCUT2D eigenvalue weighted by atomic mass is 19.1. The number of nitrogens with one attached hydrogen (secondary N) is 3. The SMILES string of the molecule is CN(C)CCNc1cc(F)cc(-c2ccnc3nc(-c4[nH]nc5ncc(-c6cncc(CN7CCCC7)c6)c(F)c45)[nH]c23)c1. The van der Waals surface area contributed by atoms with Gasteiger partial charge in [-0.3, -0.25) is 15.0 Å². The first-order chi connectivity index (χ1) is 21.4. The lowest BCUT2D eigenvalue weighted by molar-refractivity contribution is 0.331. The van der Waals surface area contributed by atoms with Crippen LogP contribution in [-0.2, 0) is 6.54 Å². The number of likely N-dealkylation sites (tertiary alicyclic amines) is 1. The van der Waals surface area contributed by atoms with Gasteiger partial charge in [0.05, 0.1) is 10.9 Å². The van der Waals surface area contributed by atoms with Crippen LogP contribution in [0.5, 0.6) is 0 Å². The van der Waals surface area contributed by atoms with Gasteiger partial charge < -0.3 is 15.2 Å². The van der Waals surface area contributed by atoms with Crippen molar-refractivity contribution in [2.75, 3.05) is 45.6 Å². The molecule has 1 aliphatic heterocycles. The number of pyridine rings is 3. The Bertz CT molecular complexity index is 1960. The number of hydrogen-bond acceptors (Lipinski definition) is 8. The third-order valence-corrected chi connectivity index (χ3v) is 7.96. The van der Waals surface area contributed by atoms with Crippen molar-refractivity contribution in [3.63, 3.8) is 0 Å². The molecule has 1 fully saturated rings. The zero-order chi connectivity index (χ0) is 30.2. The van der Waals surface area contributed by atoms with Crippen LogP contribution >= 0.6 is 0 Å². The number of benzene rings is 1. The van der Waals surface area contributed by atoms with Gasteiger partial charge in [-0.2, -0.15) is 5.10 Å². The van der Waals surface area contributed by atoms with E-state index >= 15 is 4.39 Å². The fourth-order valence-corrected chi connectivity index (χ4v) is 5.78. The maximum Gasteiger partial charge on any atom is 0.184 e. The number of H-pyrrole nitrogens is 2. The first-order valence-electron chi connectivity index (χ1n) is 14.7. The molecule has 10 nitrogen and oxygen atoms in total. The van der Waals surface area contributed by atoms with E-state index in [-0.39, 0.29) is 16.9 Å². The first-order valence-corrected chi connectivity index (χ1v) is 14.7. The van der Waals surface area contributed by atoms with Crippen molar-refractivity contribution < 1.29 is 8.78 Å². The van der Waals surface area contributed by atoms with Gasteiger partial charge in [0, 0.05) is 66.8 Å². The first kappa shape index (κ1) is 28.0. The van der Waals surface area contributed by atoms with Gasteiger partial charge in [-0.15, -0.1) is 0 Å². The number of fused-ring (bicyclic) bond motifs is 2. The van der Waals surface area contributed by atoms with Gasteiger partial charge in [0.1, 0.15) is 17.3 Å². The Morgan fingerprint density at radius 1 is 0.955 bits per heavy atom. The maximum absolute atomic E-state index is 16.3. The Hall–Kier alpha value is -4.81. The highest BCUT2D eigenvalue weighted by Crippen LogP contribution is 2.35. The number of hydrogen-bond donors (Lipinski definition) is 3. The van der Waals surface area contributed by atoms with Gasteiger partial charge in [0.25, 0.3) is 0 Å². The van der Waals surface area contributed by atoms with E-state index in [1.165, 1.54) is 31.2 Å². The standard InChI is InChI=1S/C32H32F2N10/c1-43(2)10-7-36-23-13-20(12-22(33)14-23)24-5-6-37-31-28(24)39-32(40-31)29-26-27(34)25(17-38-30(26)42-41-29)21-11-19(15-35-16-21)18-44-8-3-4-9-44/h5-6,11-17,36H,3-4,7-10,18H2,1-2H3,(H,37,39,40)(H,38,41,42). The van der Waals surface area contributed by atoms with Crippen LogP contribution in [0.4, 0.5) is 14.5 Å². The van der Waals surface area contributed by atoms with E-state index in [1.807, 2.05) is 32.4 Å². The Labute approximate surface area is 252 Å². The molecule has 0 saturated carbocycles. The minimum absolute atomic E-state index is 0.214. The molecule has 3 N–H and O–H groups in total. The summed E-state index contributed by atoms with van der Waals surface area (Å²) in [5, 5.41) is 10.7. The number of anilines is 1. The zero-order valence-corrected chi connectivity index (χ0v) is 24.5. The Morgan fingerprint density at radius 2 is 1.82 bits per heavy atom. The van der Waals surface area contributed by atoms with Gasteiger partial charge in [-0.25, -0.2) is 23.7 Å². The molecule has 0 aliphatic carbocycles. The maximum atomic E-state index is 16.3. The number of halogens is 2. The number of aromatic amines is 2. The summed E-state index contributed by atoms with van der Waals surface area (Å²) in [5.74, 6) is -0.480. The summed E-state index contributed by atoms with van der Waals surface area (Å²) < 4.78 is 31.0. The molecule has 6 heterocycles. The van der Waals surface area contributed by atoms with Crippen molar-refractivity contribution in [3.8, 4) is 33.8 Å². The molecule has 12 heteroatoms. The van der Waals surface area contributed by atoms with Gasteiger partial charge >= 0.3 is 0 Å². The number of nitrogens with zero attached hydrogens (tertiary/aromatic N) is 7. The van der Waals surface area contributed by atoms with Crippen LogP contribution in [0.25, 0.3) is 56.0 Å². The molecule has 0 amide bonds. The Balaban J connectivity index is 1.25. The molecule has 0 radical (unpaired) electrons. The quantitative estimate of drug-likeness (QED) is 0.202. The zero-order valence-electron chi connectivity index (χ0n) is 24.5. The summed E-state index contributed by atoms with van der Waals surface area (Å²) in [7, 11) is 3.97. The van der Waals surface area contributed by atoms with Crippen LogP contribution in [0.1, 0.15) is 18.4 Å². The molecule has 0 unspecified atom stereocenters. The number of likely N-dealkylation sites (N-methyl/N-ethyl adjacent to an activating group) is 1. The van der Waals surface area contributed by atoms with Crippen LogP contribution in [0, 0.1) is 11.6 Å². The minimum Gasteiger partial charge on any atom is -0.384 e. The summed E-state index contributed by atoms with van der Waals surface area (Å²) in [6, 6.07) is 8.60. The Kier molecular flexibility index (Phi) is 7.44. The van der Waals surface area contributed by atoms with Crippen LogP contribution in [0.2, 0.25) is 0 Å². The Morgan fingerprint density at radius 3 is 2.66 bits per heavy atom. The monoisotopic (exact) mass is 594 g/mol. The van der Waals surface area contributed by atoms with Crippen LogP contribution < -0.4 is 5.32 Å². The summed E-state index contributed by atoms with van der Waals surface area (Å²) in [5.41, 5.74) is 5.64. The highest BCUT2D eigenvalue weighted by Gasteiger charge is 2.22. The molecule has 5 aromatic heterocycles. The van der Waals surface area contributed by atoms with E-state index in [4.69, 9.17) is 0 Å². The van der Waals surface area contributed by atoms with E-state index in [0.29, 0.717) is 57.2 Å². The number of aromatic nitrogens is 7. The van der Waals surface area contributed by atoms with E-state index in [1.54, 1.807) is 18.5 Å². The number of imidazole rings is 1. The molecular formula is C32H32F2N10. The average molecular weight is 595 g/mol. The van der Waals surface area contributed by atoms with Crippen molar-refractivity contribution >= 4 is 27.9 Å². The summed E-state index contributed by atoms with van der Waals surface area (Å²) in [6.45, 7) is 4.38. The van der Waals surface area contributed by atoms with Gasteiger partial charge in [-0.05, 0) is 81.5 Å². The van der Waals surface area contributed by atoms with Crippen LogP contribution in [0.15, 0.2) is 55.1 Å². The lowest BCUT2D eigenvalue weighted by Gasteiger charge is -2.15. The molecule has 0 bridgehead atoms. The molecule has 0 spiro atoms. The normalized spacial score (nSPS) is 13.9. The summed E-state index contributed by atoms with van der Waals surface area (Å²) in [6.07, 6.45) is 8.99. The molecule has 44 heavy (non-hydrogen) atoms. The van der Waals surface area contributed by atoms with Crippen LogP contribution in [0.3, 0.4) is 0 Å². The van der Waals surface area contributed by atoms with E-state index < -0.39 is 5.82 Å². The second-order valence-electron chi connectivity index (χ2n) is 11.4. The fourth-order valence-electron chi connectivity index (χ4n) is 5.78. The van der Waals surface area contributed by atoms with Crippen molar-refractivity contribution in [2.24, 2.45) is 0 Å². The van der Waals surface area contributed by atoms with E-state index in [2.05, 4.69) is 50.2 Å². The molecule has 1 aliphatic rings. The molecule has 224 valence electrons. The van der Waals surface area contributed by atoms with Gasteiger partial charge in [-0.1, -0.05) is 0 Å². The summed E-state index contributed by atoms with van der Waals surface area (Å²) in [4.78, 5) is 25.6. The highest BCUT2D eigenvalue weighted by molar-refractivity contribution is 5.96. The molecular weight excluding hydrogens is 562 g/mol. The lowest BCUT2D eigenvalue weighted by Crippen LogP contribution is -2.20. The predicted octanol–water partition coefficient (Wildman–Crippen LogP) is 5.47. The molecule has 7 rings (SSSR count). The van der Waals surface area contributed by atoms with Crippen molar-refractivity contribution in [1.82, 2.24) is 44.9 Å². The second kappa shape index (κ2) is 11.7. The molecule has 1 saturated heterocycles. The smallest absolute Gasteiger partial charge is 0.184 e. The van der Waals surface area contributed by atoms with E-state index in [9.17, 15) is 4.39 Å². The topological polar surface area (TPSA) is 115 Å². The largest absolute Gasteiger partial charge is 0.384 e. The van der Waals surface area contributed by atoms with Gasteiger partial charge in [0.15, 0.2) is 17.1 Å². The fraction of sp³-hybridized carbons (Fsp3) is 0.281. The number of rotatable bonds is 9.